The molecule has 6 heteroatoms. The number of hydrogen-bond acceptors (Lipinski definition) is 5. The van der Waals surface area contributed by atoms with Gasteiger partial charge >= 0.3 is 0 Å². The molecule has 0 atom stereocenters. The zero-order valence-corrected chi connectivity index (χ0v) is 13.4. The van der Waals surface area contributed by atoms with Crippen LogP contribution in [0.25, 0.3) is 0 Å². The first-order valence-corrected chi connectivity index (χ1v) is 9.21. The molecule has 1 amide bonds. The van der Waals surface area contributed by atoms with Crippen molar-refractivity contribution in [3.8, 4) is 0 Å². The molecule has 1 aromatic heterocycles. The Kier molecular flexibility index (Phi) is 4.33. The van der Waals surface area contributed by atoms with E-state index >= 15 is 0 Å². The van der Waals surface area contributed by atoms with Crippen LogP contribution < -0.4 is 5.32 Å². The minimum Gasteiger partial charge on any atom is -0.298 e. The molecular formula is C14H14N2OS3. The molecule has 1 aliphatic rings. The Hall–Kier alpha value is -0.980. The van der Waals surface area contributed by atoms with Gasteiger partial charge in [0.1, 0.15) is 0 Å². The monoisotopic (exact) mass is 322 g/mol. The van der Waals surface area contributed by atoms with Crippen LogP contribution in [0, 0.1) is 6.92 Å². The van der Waals surface area contributed by atoms with E-state index in [2.05, 4.69) is 22.4 Å². The molecule has 20 heavy (non-hydrogen) atoms. The predicted octanol–water partition coefficient (Wildman–Crippen LogP) is 4.18. The first-order chi connectivity index (χ1) is 9.72. The number of thioether (sulfide) groups is 2. The maximum atomic E-state index is 12.1. The van der Waals surface area contributed by atoms with E-state index in [-0.39, 0.29) is 5.91 Å². The Bertz CT molecular complexity index is 603. The summed E-state index contributed by atoms with van der Waals surface area (Å²) in [6, 6.07) is 7.89. The largest absolute Gasteiger partial charge is 0.298 e. The Labute approximate surface area is 130 Å². The molecule has 0 bridgehead atoms. The van der Waals surface area contributed by atoms with Gasteiger partial charge in [0, 0.05) is 28.1 Å². The molecule has 3 nitrogen and oxygen atoms in total. The van der Waals surface area contributed by atoms with E-state index < -0.39 is 0 Å². The van der Waals surface area contributed by atoms with Crippen LogP contribution in [0.1, 0.15) is 25.4 Å². The van der Waals surface area contributed by atoms with Crippen LogP contribution in [0.4, 0.5) is 5.13 Å². The molecule has 0 unspecified atom stereocenters. The zero-order valence-electron chi connectivity index (χ0n) is 11.0. The Morgan fingerprint density at radius 2 is 1.95 bits per heavy atom. The van der Waals surface area contributed by atoms with Gasteiger partial charge in [0.2, 0.25) is 0 Å². The smallest absolute Gasteiger partial charge is 0.257 e. The number of amides is 1. The second kappa shape index (κ2) is 6.20. The fourth-order valence-corrected chi connectivity index (χ4v) is 5.44. The number of carbonyl (C=O) groups is 1. The van der Waals surface area contributed by atoms with Gasteiger partial charge in [0.05, 0.1) is 4.58 Å². The Balaban J connectivity index is 1.68. The molecule has 0 saturated carbocycles. The number of carbonyl (C=O) groups excluding carboxylic acids is 1. The molecule has 2 heterocycles. The molecule has 1 aromatic carbocycles. The molecule has 0 radical (unpaired) electrons. The highest BCUT2D eigenvalue weighted by Crippen LogP contribution is 2.45. The minimum absolute atomic E-state index is 0.0994. The average molecular weight is 322 g/mol. The van der Waals surface area contributed by atoms with Gasteiger partial charge in [0.25, 0.3) is 5.91 Å². The fraction of sp³-hybridized carbons (Fsp3) is 0.286. The summed E-state index contributed by atoms with van der Waals surface area (Å²) in [6.45, 7) is 1.97. The van der Waals surface area contributed by atoms with Crippen molar-refractivity contribution in [2.24, 2.45) is 0 Å². The van der Waals surface area contributed by atoms with Crippen LogP contribution in [0.3, 0.4) is 0 Å². The van der Waals surface area contributed by atoms with E-state index in [1.54, 1.807) is 6.20 Å². The lowest BCUT2D eigenvalue weighted by Gasteiger charge is -2.09. The van der Waals surface area contributed by atoms with Crippen molar-refractivity contribution < 1.29 is 4.79 Å². The molecule has 1 saturated heterocycles. The van der Waals surface area contributed by atoms with E-state index in [0.717, 1.165) is 4.88 Å². The van der Waals surface area contributed by atoms with Crippen molar-refractivity contribution in [1.29, 1.82) is 0 Å². The van der Waals surface area contributed by atoms with Gasteiger partial charge < -0.3 is 0 Å². The first kappa shape index (κ1) is 14.0. The highest BCUT2D eigenvalue weighted by molar-refractivity contribution is 8.19. The third-order valence-electron chi connectivity index (χ3n) is 2.91. The van der Waals surface area contributed by atoms with E-state index in [4.69, 9.17) is 0 Å². The van der Waals surface area contributed by atoms with Crippen molar-refractivity contribution in [2.75, 3.05) is 16.8 Å². The number of thiazole rings is 1. The third kappa shape index (κ3) is 3.19. The second-order valence-electron chi connectivity index (χ2n) is 4.43. The highest BCUT2D eigenvalue weighted by atomic mass is 32.2. The summed E-state index contributed by atoms with van der Waals surface area (Å²) < 4.78 is 0.522. The van der Waals surface area contributed by atoms with Crippen molar-refractivity contribution in [3.05, 3.63) is 46.5 Å². The summed E-state index contributed by atoms with van der Waals surface area (Å²) in [5.74, 6) is 2.32. The quantitative estimate of drug-likeness (QED) is 0.920. The van der Waals surface area contributed by atoms with Gasteiger partial charge in [-0.1, -0.05) is 12.1 Å². The SMILES string of the molecule is Cc1cnc(NC(=O)c2ccc(C3SCCS3)cc2)s1. The summed E-state index contributed by atoms with van der Waals surface area (Å²) in [5.41, 5.74) is 1.97. The van der Waals surface area contributed by atoms with Crippen LogP contribution >= 0.6 is 34.9 Å². The standard InChI is InChI=1S/C14H14N2OS3/c1-9-8-15-14(20-9)16-12(17)10-2-4-11(5-3-10)13-18-6-7-19-13/h2-5,8,13H,6-7H2,1H3,(H,15,16,17). The first-order valence-electron chi connectivity index (χ1n) is 6.29. The number of nitrogens with zero attached hydrogens (tertiary/aromatic N) is 1. The number of rotatable bonds is 3. The predicted molar refractivity (Wildman–Crippen MR) is 88.9 cm³/mol. The van der Waals surface area contributed by atoms with Crippen molar-refractivity contribution in [3.63, 3.8) is 0 Å². The van der Waals surface area contributed by atoms with E-state index in [0.29, 0.717) is 15.3 Å². The Morgan fingerprint density at radius 3 is 2.55 bits per heavy atom. The molecule has 1 N–H and O–H groups in total. The minimum atomic E-state index is -0.0994. The van der Waals surface area contributed by atoms with Crippen LogP contribution in [0.5, 0.6) is 0 Å². The third-order valence-corrected chi connectivity index (χ3v) is 6.84. The molecule has 104 valence electrons. The topological polar surface area (TPSA) is 42.0 Å². The summed E-state index contributed by atoms with van der Waals surface area (Å²) in [6.07, 6.45) is 1.76. The maximum absolute atomic E-state index is 12.1. The van der Waals surface area contributed by atoms with Crippen LogP contribution in [-0.4, -0.2) is 22.4 Å². The summed E-state index contributed by atoms with van der Waals surface area (Å²) in [4.78, 5) is 17.3. The van der Waals surface area contributed by atoms with Gasteiger partial charge in [-0.15, -0.1) is 34.9 Å². The number of aryl methyl sites for hydroxylation is 1. The van der Waals surface area contributed by atoms with Crippen LogP contribution in [0.2, 0.25) is 0 Å². The van der Waals surface area contributed by atoms with Gasteiger partial charge in [0.15, 0.2) is 5.13 Å². The molecule has 0 spiro atoms. The average Bonchev–Trinajstić information content (AvgIpc) is 3.11. The molecule has 2 aromatic rings. The van der Waals surface area contributed by atoms with E-state index in [1.807, 2.05) is 42.6 Å². The zero-order chi connectivity index (χ0) is 13.9. The second-order valence-corrected chi connectivity index (χ2v) is 8.38. The number of aromatic nitrogens is 1. The van der Waals surface area contributed by atoms with Crippen LogP contribution in [-0.2, 0) is 0 Å². The Morgan fingerprint density at radius 1 is 1.25 bits per heavy atom. The number of hydrogen-bond donors (Lipinski definition) is 1. The summed E-state index contributed by atoms with van der Waals surface area (Å²) in [5, 5.41) is 3.48. The van der Waals surface area contributed by atoms with Crippen molar-refractivity contribution >= 4 is 45.9 Å². The van der Waals surface area contributed by atoms with Gasteiger partial charge in [-0.3, -0.25) is 10.1 Å². The van der Waals surface area contributed by atoms with E-state index in [9.17, 15) is 4.79 Å². The number of nitrogens with one attached hydrogen (secondary N) is 1. The molecular weight excluding hydrogens is 308 g/mol. The van der Waals surface area contributed by atoms with Crippen LogP contribution in [0.15, 0.2) is 30.5 Å². The lowest BCUT2D eigenvalue weighted by atomic mass is 10.1. The number of anilines is 1. The lowest BCUT2D eigenvalue weighted by molar-refractivity contribution is 0.102. The molecule has 3 rings (SSSR count). The number of benzene rings is 1. The fourth-order valence-electron chi connectivity index (χ4n) is 1.92. The van der Waals surface area contributed by atoms with Crippen molar-refractivity contribution in [2.45, 2.75) is 11.5 Å². The summed E-state index contributed by atoms with van der Waals surface area (Å²) in [7, 11) is 0. The highest BCUT2D eigenvalue weighted by Gasteiger charge is 2.18. The van der Waals surface area contributed by atoms with Gasteiger partial charge in [-0.25, -0.2) is 4.98 Å². The molecule has 1 aliphatic heterocycles. The van der Waals surface area contributed by atoms with Gasteiger partial charge in [-0.2, -0.15) is 0 Å². The maximum Gasteiger partial charge on any atom is 0.257 e. The van der Waals surface area contributed by atoms with Crippen molar-refractivity contribution in [1.82, 2.24) is 4.98 Å². The van der Waals surface area contributed by atoms with Gasteiger partial charge in [-0.05, 0) is 24.6 Å². The lowest BCUT2D eigenvalue weighted by Crippen LogP contribution is -2.11. The summed E-state index contributed by atoms with van der Waals surface area (Å²) >= 11 is 5.42. The van der Waals surface area contributed by atoms with E-state index in [1.165, 1.54) is 28.4 Å². The molecule has 0 aliphatic carbocycles. The normalized spacial score (nSPS) is 15.4. The molecule has 1 fully saturated rings.